The third-order valence-corrected chi connectivity index (χ3v) is 4.84. The third-order valence-electron chi connectivity index (χ3n) is 4.84. The summed E-state index contributed by atoms with van der Waals surface area (Å²) >= 11 is 0. The second kappa shape index (κ2) is 7.23. The molecule has 2 aromatic heterocycles. The van der Waals surface area contributed by atoms with Crippen LogP contribution in [-0.4, -0.2) is 42.0 Å². The molecule has 4 rings (SSSR count). The molecule has 3 aromatic rings. The van der Waals surface area contributed by atoms with Crippen LogP contribution in [0.4, 0.5) is 19.0 Å². The number of piperazine rings is 1. The molecule has 0 unspecified atom stereocenters. The highest BCUT2D eigenvalue weighted by molar-refractivity contribution is 5.96. The number of anilines is 1. The maximum absolute atomic E-state index is 12.8. The molecule has 0 aliphatic carbocycles. The molecule has 0 saturated carbocycles. The summed E-state index contributed by atoms with van der Waals surface area (Å²) in [6.45, 7) is 1.41. The highest BCUT2D eigenvalue weighted by Gasteiger charge is 2.31. The Morgan fingerprint density at radius 2 is 1.76 bits per heavy atom. The molecule has 1 aromatic carbocycles. The zero-order chi connectivity index (χ0) is 20.6. The van der Waals surface area contributed by atoms with E-state index in [1.54, 1.807) is 29.2 Å². The first-order chi connectivity index (χ1) is 13.8. The lowest BCUT2D eigenvalue weighted by molar-refractivity contribution is -0.137. The Balaban J connectivity index is 1.46. The van der Waals surface area contributed by atoms with E-state index in [0.29, 0.717) is 43.0 Å². The van der Waals surface area contributed by atoms with Crippen LogP contribution in [0.25, 0.3) is 11.0 Å². The maximum Gasteiger partial charge on any atom is 0.417 e. The normalized spacial score (nSPS) is 15.0. The Morgan fingerprint density at radius 3 is 2.41 bits per heavy atom. The number of amides is 1. The van der Waals surface area contributed by atoms with Gasteiger partial charge < -0.3 is 14.2 Å². The van der Waals surface area contributed by atoms with Gasteiger partial charge in [0.1, 0.15) is 17.0 Å². The van der Waals surface area contributed by atoms with Gasteiger partial charge in [0.25, 0.3) is 5.91 Å². The number of para-hydroxylation sites is 1. The average molecular weight is 403 g/mol. The van der Waals surface area contributed by atoms with E-state index in [1.165, 1.54) is 17.0 Å². The molecular weight excluding hydrogens is 387 g/mol. The van der Waals surface area contributed by atoms with Gasteiger partial charge in [0.05, 0.1) is 5.56 Å². The maximum atomic E-state index is 12.8. The van der Waals surface area contributed by atoms with Crippen LogP contribution in [0.2, 0.25) is 0 Å². The van der Waals surface area contributed by atoms with Crippen LogP contribution in [0.3, 0.4) is 0 Å². The number of fused-ring (bicyclic) bond motifs is 1. The molecule has 150 valence electrons. The largest absolute Gasteiger partial charge is 0.422 e. The van der Waals surface area contributed by atoms with Gasteiger partial charge in [0.2, 0.25) is 0 Å². The molecule has 1 saturated heterocycles. The number of hydrogen-bond acceptors (Lipinski definition) is 5. The Hall–Kier alpha value is -3.36. The molecule has 0 bridgehead atoms. The number of halogens is 3. The van der Waals surface area contributed by atoms with Crippen molar-refractivity contribution in [1.82, 2.24) is 9.88 Å². The van der Waals surface area contributed by atoms with Crippen molar-refractivity contribution in [3.63, 3.8) is 0 Å². The van der Waals surface area contributed by atoms with Crippen molar-refractivity contribution in [1.29, 1.82) is 0 Å². The fourth-order valence-electron chi connectivity index (χ4n) is 3.26. The van der Waals surface area contributed by atoms with E-state index in [-0.39, 0.29) is 5.56 Å². The zero-order valence-electron chi connectivity index (χ0n) is 15.1. The van der Waals surface area contributed by atoms with Gasteiger partial charge in [-0.05, 0) is 24.3 Å². The molecule has 3 heterocycles. The quantitative estimate of drug-likeness (QED) is 0.615. The summed E-state index contributed by atoms with van der Waals surface area (Å²) < 4.78 is 43.2. The van der Waals surface area contributed by atoms with Gasteiger partial charge in [0, 0.05) is 37.8 Å². The monoisotopic (exact) mass is 403 g/mol. The van der Waals surface area contributed by atoms with Crippen LogP contribution in [-0.2, 0) is 6.18 Å². The van der Waals surface area contributed by atoms with E-state index in [1.807, 2.05) is 0 Å². The second-order valence-electron chi connectivity index (χ2n) is 6.67. The minimum Gasteiger partial charge on any atom is -0.422 e. The molecule has 0 N–H and O–H groups in total. The molecule has 0 radical (unpaired) electrons. The summed E-state index contributed by atoms with van der Waals surface area (Å²) in [6, 6.07) is 10.8. The fourth-order valence-corrected chi connectivity index (χ4v) is 3.26. The number of rotatable bonds is 2. The Labute approximate surface area is 163 Å². The van der Waals surface area contributed by atoms with Gasteiger partial charge in [-0.1, -0.05) is 18.2 Å². The number of hydrogen-bond donors (Lipinski definition) is 0. The summed E-state index contributed by atoms with van der Waals surface area (Å²) in [5.41, 5.74) is -1.13. The second-order valence-corrected chi connectivity index (χ2v) is 6.67. The van der Waals surface area contributed by atoms with E-state index in [2.05, 4.69) is 4.98 Å². The molecule has 29 heavy (non-hydrogen) atoms. The summed E-state index contributed by atoms with van der Waals surface area (Å²) in [4.78, 5) is 32.2. The highest BCUT2D eigenvalue weighted by atomic mass is 19.4. The van der Waals surface area contributed by atoms with Gasteiger partial charge in [-0.25, -0.2) is 9.78 Å². The molecule has 1 amide bonds. The molecule has 1 aliphatic heterocycles. The van der Waals surface area contributed by atoms with Crippen molar-refractivity contribution < 1.29 is 22.4 Å². The number of carbonyl (C=O) groups excluding carboxylic acids is 1. The molecule has 1 aliphatic rings. The van der Waals surface area contributed by atoms with Gasteiger partial charge in [-0.3, -0.25) is 4.79 Å². The lowest BCUT2D eigenvalue weighted by Crippen LogP contribution is -2.49. The van der Waals surface area contributed by atoms with Crippen molar-refractivity contribution in [2.24, 2.45) is 0 Å². The smallest absolute Gasteiger partial charge is 0.417 e. The van der Waals surface area contributed by atoms with Crippen molar-refractivity contribution in [2.45, 2.75) is 6.18 Å². The lowest BCUT2D eigenvalue weighted by atomic mass is 10.1. The minimum atomic E-state index is -4.43. The van der Waals surface area contributed by atoms with Crippen LogP contribution in [0, 0.1) is 0 Å². The number of benzene rings is 1. The fraction of sp³-hybridized carbons (Fsp3) is 0.250. The Kier molecular flexibility index (Phi) is 4.73. The lowest BCUT2D eigenvalue weighted by Gasteiger charge is -2.35. The predicted molar refractivity (Wildman–Crippen MR) is 99.8 cm³/mol. The topological polar surface area (TPSA) is 66.7 Å². The van der Waals surface area contributed by atoms with Gasteiger partial charge in [0.15, 0.2) is 0 Å². The van der Waals surface area contributed by atoms with E-state index in [4.69, 9.17) is 4.42 Å². The summed E-state index contributed by atoms with van der Waals surface area (Å²) in [7, 11) is 0. The zero-order valence-corrected chi connectivity index (χ0v) is 15.1. The molecular formula is C20H16F3N3O3. The molecule has 1 fully saturated rings. The number of alkyl halides is 3. The minimum absolute atomic E-state index is 0.0372. The SMILES string of the molecule is O=C(c1cc2ccccc2oc1=O)N1CCN(c2ccc(C(F)(F)F)cn2)CC1. The van der Waals surface area contributed by atoms with Gasteiger partial charge >= 0.3 is 11.8 Å². The molecule has 0 spiro atoms. The first-order valence-corrected chi connectivity index (χ1v) is 8.93. The van der Waals surface area contributed by atoms with E-state index in [9.17, 15) is 22.8 Å². The first-order valence-electron chi connectivity index (χ1n) is 8.93. The van der Waals surface area contributed by atoms with Gasteiger partial charge in [-0.2, -0.15) is 13.2 Å². The van der Waals surface area contributed by atoms with E-state index >= 15 is 0 Å². The first kappa shape index (κ1) is 19.0. The van der Waals surface area contributed by atoms with Crippen LogP contribution in [0.15, 0.2) is 57.9 Å². The highest BCUT2D eigenvalue weighted by Crippen LogP contribution is 2.29. The van der Waals surface area contributed by atoms with Crippen LogP contribution < -0.4 is 10.5 Å². The van der Waals surface area contributed by atoms with Crippen molar-refractivity contribution in [3.8, 4) is 0 Å². The Morgan fingerprint density at radius 1 is 1.03 bits per heavy atom. The Bertz CT molecular complexity index is 1100. The van der Waals surface area contributed by atoms with E-state index in [0.717, 1.165) is 12.3 Å². The summed E-state index contributed by atoms with van der Waals surface area (Å²) in [6.07, 6.45) is -3.63. The van der Waals surface area contributed by atoms with Crippen LogP contribution in [0.1, 0.15) is 15.9 Å². The number of carbonyl (C=O) groups is 1. The van der Waals surface area contributed by atoms with Crippen LogP contribution >= 0.6 is 0 Å². The standard InChI is InChI=1S/C20H16F3N3O3/c21-20(22,23)14-5-6-17(24-12-14)25-7-9-26(10-8-25)18(27)15-11-13-3-1-2-4-16(13)29-19(15)28/h1-6,11-12H,7-10H2. The number of pyridine rings is 1. The third kappa shape index (κ3) is 3.80. The van der Waals surface area contributed by atoms with Crippen LogP contribution in [0.5, 0.6) is 0 Å². The van der Waals surface area contributed by atoms with Crippen molar-refractivity contribution >= 4 is 22.7 Å². The average Bonchev–Trinajstić information content (AvgIpc) is 2.72. The predicted octanol–water partition coefficient (Wildman–Crippen LogP) is 3.17. The number of nitrogens with zero attached hydrogens (tertiary/aromatic N) is 3. The van der Waals surface area contributed by atoms with Crippen molar-refractivity contribution in [3.05, 3.63) is 70.2 Å². The summed E-state index contributed by atoms with van der Waals surface area (Å²) in [5.74, 6) is -0.0140. The van der Waals surface area contributed by atoms with E-state index < -0.39 is 23.3 Å². The summed E-state index contributed by atoms with van der Waals surface area (Å²) in [5, 5.41) is 0.656. The molecule has 6 nitrogen and oxygen atoms in total. The molecule has 9 heteroatoms. The number of aromatic nitrogens is 1. The molecule has 0 atom stereocenters. The van der Waals surface area contributed by atoms with Crippen molar-refractivity contribution in [2.75, 3.05) is 31.1 Å². The van der Waals surface area contributed by atoms with Gasteiger partial charge in [-0.15, -0.1) is 0 Å².